The molecule has 3 heteroatoms. The summed E-state index contributed by atoms with van der Waals surface area (Å²) in [5, 5.41) is 4.25. The van der Waals surface area contributed by atoms with Gasteiger partial charge in [0, 0.05) is 6.04 Å². The molecule has 0 saturated heterocycles. The normalized spacial score (nSPS) is 16.2. The van der Waals surface area contributed by atoms with Crippen molar-refractivity contribution >= 4 is 11.3 Å². The lowest BCUT2D eigenvalue weighted by atomic mass is 10.0. The van der Waals surface area contributed by atoms with Crippen LogP contribution in [-0.4, -0.2) is 12.1 Å². The first-order chi connectivity index (χ1) is 9.19. The van der Waals surface area contributed by atoms with E-state index in [2.05, 4.69) is 37.6 Å². The van der Waals surface area contributed by atoms with Gasteiger partial charge in [0.25, 0.3) is 0 Å². The first-order valence-corrected chi connectivity index (χ1v) is 8.56. The van der Waals surface area contributed by atoms with Gasteiger partial charge in [0.2, 0.25) is 0 Å². The van der Waals surface area contributed by atoms with Crippen LogP contribution < -0.4 is 5.73 Å². The third-order valence-electron chi connectivity index (χ3n) is 3.58. The van der Waals surface area contributed by atoms with Gasteiger partial charge >= 0.3 is 0 Å². The lowest BCUT2D eigenvalue weighted by molar-refractivity contribution is -0.0227. The molecule has 1 heterocycles. The lowest BCUT2D eigenvalue weighted by Gasteiger charge is -2.26. The van der Waals surface area contributed by atoms with E-state index in [9.17, 15) is 0 Å². The minimum atomic E-state index is 0.0532. The number of unbranched alkanes of at least 4 members (excludes halogenated alkanes) is 3. The largest absolute Gasteiger partial charge is 0.369 e. The third kappa shape index (κ3) is 6.07. The highest BCUT2D eigenvalue weighted by Gasteiger charge is 2.21. The van der Waals surface area contributed by atoms with Crippen molar-refractivity contribution in [3.05, 3.63) is 22.4 Å². The molecule has 1 rings (SSSR count). The van der Waals surface area contributed by atoms with Crippen LogP contribution in [0.3, 0.4) is 0 Å². The van der Waals surface area contributed by atoms with E-state index in [0.717, 1.165) is 12.8 Å². The van der Waals surface area contributed by atoms with Crippen LogP contribution in [0.1, 0.15) is 71.0 Å². The Labute approximate surface area is 122 Å². The number of hydrogen-bond acceptors (Lipinski definition) is 3. The van der Waals surface area contributed by atoms with Gasteiger partial charge in [-0.3, -0.25) is 0 Å². The molecule has 0 fully saturated rings. The maximum Gasteiger partial charge on any atom is 0.0987 e. The topological polar surface area (TPSA) is 35.2 Å². The molecule has 3 atom stereocenters. The summed E-state index contributed by atoms with van der Waals surface area (Å²) in [5.74, 6) is 0. The van der Waals surface area contributed by atoms with E-state index in [4.69, 9.17) is 10.5 Å². The fraction of sp³-hybridized carbons (Fsp3) is 0.750. The third-order valence-corrected chi connectivity index (χ3v) is 4.28. The molecule has 0 saturated carbocycles. The number of hydrogen-bond donors (Lipinski definition) is 1. The predicted octanol–water partition coefficient (Wildman–Crippen LogP) is 4.90. The molecule has 1 aromatic heterocycles. The van der Waals surface area contributed by atoms with E-state index in [-0.39, 0.29) is 12.1 Å². The Morgan fingerprint density at radius 3 is 2.63 bits per heavy atom. The van der Waals surface area contributed by atoms with Gasteiger partial charge in [-0.05, 0) is 42.2 Å². The molecule has 0 amide bonds. The molecule has 1 aromatic rings. The Morgan fingerprint density at radius 2 is 2.05 bits per heavy atom. The van der Waals surface area contributed by atoms with Gasteiger partial charge < -0.3 is 10.5 Å². The summed E-state index contributed by atoms with van der Waals surface area (Å²) in [7, 11) is 0. The van der Waals surface area contributed by atoms with Crippen molar-refractivity contribution in [3.63, 3.8) is 0 Å². The second kappa shape index (κ2) is 9.51. The molecule has 2 nitrogen and oxygen atoms in total. The Bertz CT molecular complexity index is 313. The fourth-order valence-corrected chi connectivity index (χ4v) is 2.94. The first kappa shape index (κ1) is 16.7. The van der Waals surface area contributed by atoms with Crippen molar-refractivity contribution in [1.82, 2.24) is 0 Å². The van der Waals surface area contributed by atoms with Crippen molar-refractivity contribution in [2.75, 3.05) is 0 Å². The minimum Gasteiger partial charge on any atom is -0.369 e. The molecule has 0 aliphatic carbocycles. The molecule has 0 aliphatic heterocycles. The summed E-state index contributed by atoms with van der Waals surface area (Å²) >= 11 is 1.71. The van der Waals surface area contributed by atoms with E-state index < -0.39 is 0 Å². The summed E-state index contributed by atoms with van der Waals surface area (Å²) < 4.78 is 6.21. The molecule has 110 valence electrons. The molecule has 19 heavy (non-hydrogen) atoms. The molecule has 0 bridgehead atoms. The van der Waals surface area contributed by atoms with Gasteiger partial charge in [-0.15, -0.1) is 0 Å². The van der Waals surface area contributed by atoms with Gasteiger partial charge in [0.05, 0.1) is 12.2 Å². The van der Waals surface area contributed by atoms with Crippen molar-refractivity contribution in [2.45, 2.75) is 77.5 Å². The summed E-state index contributed by atoms with van der Waals surface area (Å²) in [6, 6.07) is 2.22. The quantitative estimate of drug-likeness (QED) is 0.620. The van der Waals surface area contributed by atoms with E-state index in [0.29, 0.717) is 6.10 Å². The highest BCUT2D eigenvalue weighted by molar-refractivity contribution is 7.07. The summed E-state index contributed by atoms with van der Waals surface area (Å²) in [6.07, 6.45) is 7.61. The lowest BCUT2D eigenvalue weighted by Crippen LogP contribution is -2.31. The average Bonchev–Trinajstić information content (AvgIpc) is 2.94. The molecule has 0 radical (unpaired) electrons. The molecule has 3 unspecified atom stereocenters. The predicted molar refractivity (Wildman–Crippen MR) is 84.6 cm³/mol. The first-order valence-electron chi connectivity index (χ1n) is 7.62. The SMILES string of the molecule is CCCCCCC(C)OC(c1ccsc1)C(N)CC. The maximum atomic E-state index is 6.21. The van der Waals surface area contributed by atoms with Crippen LogP contribution in [-0.2, 0) is 4.74 Å². The number of thiophene rings is 1. The van der Waals surface area contributed by atoms with E-state index in [1.807, 2.05) is 0 Å². The smallest absolute Gasteiger partial charge is 0.0987 e. The second-order valence-electron chi connectivity index (χ2n) is 5.35. The van der Waals surface area contributed by atoms with Crippen molar-refractivity contribution in [1.29, 1.82) is 0 Å². The van der Waals surface area contributed by atoms with Crippen LogP contribution in [0.2, 0.25) is 0 Å². The molecule has 0 aliphatic rings. The zero-order chi connectivity index (χ0) is 14.1. The van der Waals surface area contributed by atoms with Crippen molar-refractivity contribution in [2.24, 2.45) is 5.73 Å². The minimum absolute atomic E-state index is 0.0532. The molecule has 2 N–H and O–H groups in total. The van der Waals surface area contributed by atoms with Crippen LogP contribution in [0.25, 0.3) is 0 Å². The number of nitrogens with two attached hydrogens (primary N) is 1. The zero-order valence-corrected chi connectivity index (χ0v) is 13.4. The summed E-state index contributed by atoms with van der Waals surface area (Å²) in [4.78, 5) is 0. The van der Waals surface area contributed by atoms with Crippen LogP contribution >= 0.6 is 11.3 Å². The molecule has 0 aromatic carbocycles. The number of rotatable bonds is 10. The monoisotopic (exact) mass is 283 g/mol. The van der Waals surface area contributed by atoms with Gasteiger partial charge in [-0.1, -0.05) is 39.5 Å². The van der Waals surface area contributed by atoms with E-state index in [1.165, 1.54) is 31.2 Å². The standard InChI is InChI=1S/C16H29NOS/c1-4-6-7-8-9-13(3)18-16(15(17)5-2)14-10-11-19-12-14/h10-13,15-16H,4-9,17H2,1-3H3. The molecular formula is C16H29NOS. The van der Waals surface area contributed by atoms with Crippen LogP contribution in [0, 0.1) is 0 Å². The highest BCUT2D eigenvalue weighted by atomic mass is 32.1. The zero-order valence-electron chi connectivity index (χ0n) is 12.6. The molecule has 0 spiro atoms. The van der Waals surface area contributed by atoms with E-state index in [1.54, 1.807) is 11.3 Å². The van der Waals surface area contributed by atoms with Crippen molar-refractivity contribution in [3.8, 4) is 0 Å². The van der Waals surface area contributed by atoms with Gasteiger partial charge in [0.1, 0.15) is 0 Å². The average molecular weight is 283 g/mol. The Hall–Kier alpha value is -0.380. The van der Waals surface area contributed by atoms with Gasteiger partial charge in [-0.25, -0.2) is 0 Å². The van der Waals surface area contributed by atoms with E-state index >= 15 is 0 Å². The second-order valence-corrected chi connectivity index (χ2v) is 6.13. The number of ether oxygens (including phenoxy) is 1. The van der Waals surface area contributed by atoms with Gasteiger partial charge in [0.15, 0.2) is 0 Å². The Kier molecular flexibility index (Phi) is 8.35. The maximum absolute atomic E-state index is 6.21. The summed E-state index contributed by atoms with van der Waals surface area (Å²) in [6.45, 7) is 6.54. The van der Waals surface area contributed by atoms with Crippen LogP contribution in [0.15, 0.2) is 16.8 Å². The Morgan fingerprint density at radius 1 is 1.26 bits per heavy atom. The highest BCUT2D eigenvalue weighted by Crippen LogP contribution is 2.26. The Balaban J connectivity index is 2.44. The molecular weight excluding hydrogens is 254 g/mol. The van der Waals surface area contributed by atoms with Crippen molar-refractivity contribution < 1.29 is 4.74 Å². The summed E-state index contributed by atoms with van der Waals surface area (Å²) in [5.41, 5.74) is 7.45. The van der Waals surface area contributed by atoms with Crippen LogP contribution in [0.4, 0.5) is 0 Å². The van der Waals surface area contributed by atoms with Crippen LogP contribution in [0.5, 0.6) is 0 Å². The van der Waals surface area contributed by atoms with Gasteiger partial charge in [-0.2, -0.15) is 11.3 Å². The fourth-order valence-electron chi connectivity index (χ4n) is 2.25.